The van der Waals surface area contributed by atoms with E-state index in [0.29, 0.717) is 23.9 Å². The Hall–Kier alpha value is -2.67. The van der Waals surface area contributed by atoms with Crippen molar-refractivity contribution in [1.29, 1.82) is 0 Å². The summed E-state index contributed by atoms with van der Waals surface area (Å²) < 4.78 is 1.70. The van der Waals surface area contributed by atoms with E-state index in [1.165, 1.54) is 11.0 Å². The molecule has 1 aromatic carbocycles. The number of nitrogens with zero attached hydrogens (tertiary/aromatic N) is 3. The van der Waals surface area contributed by atoms with Crippen molar-refractivity contribution in [1.82, 2.24) is 14.4 Å². The van der Waals surface area contributed by atoms with Gasteiger partial charge in [-0.3, -0.25) is 9.59 Å². The molecule has 2 atom stereocenters. The highest BCUT2D eigenvalue weighted by molar-refractivity contribution is 5.86. The SMILES string of the molecule is CN(C)[C@@H]1C[C@@H](C(=O)O)N(C(=O)Cn2ccc(=O)c3ccccc32)C1. The minimum absolute atomic E-state index is 0.00468. The topological polar surface area (TPSA) is 82.8 Å². The second-order valence-electron chi connectivity index (χ2n) is 6.58. The van der Waals surface area contributed by atoms with Crippen LogP contribution in [0.2, 0.25) is 0 Å². The molecule has 25 heavy (non-hydrogen) atoms. The van der Waals surface area contributed by atoms with Gasteiger partial charge in [0.05, 0.1) is 5.52 Å². The van der Waals surface area contributed by atoms with E-state index in [9.17, 15) is 19.5 Å². The van der Waals surface area contributed by atoms with Crippen LogP contribution >= 0.6 is 0 Å². The number of likely N-dealkylation sites (tertiary alicyclic amines) is 1. The van der Waals surface area contributed by atoms with Gasteiger partial charge < -0.3 is 19.5 Å². The first-order chi connectivity index (χ1) is 11.9. The summed E-state index contributed by atoms with van der Waals surface area (Å²) in [5, 5.41) is 9.99. The van der Waals surface area contributed by atoms with Crippen LogP contribution in [0.3, 0.4) is 0 Å². The lowest BCUT2D eigenvalue weighted by atomic mass is 10.1. The molecule has 0 saturated carbocycles. The largest absolute Gasteiger partial charge is 0.480 e. The van der Waals surface area contributed by atoms with Gasteiger partial charge >= 0.3 is 5.97 Å². The second-order valence-corrected chi connectivity index (χ2v) is 6.58. The standard InChI is InChI=1S/C18H21N3O4/c1-19(2)12-9-15(18(24)25)21(10-12)17(23)11-20-8-7-16(22)13-5-3-4-6-14(13)20/h3-8,12,15H,9-11H2,1-2H3,(H,24,25)/t12-,15+/m1/s1. The van der Waals surface area contributed by atoms with Crippen LogP contribution in [0.5, 0.6) is 0 Å². The van der Waals surface area contributed by atoms with Gasteiger partial charge in [-0.2, -0.15) is 0 Å². The first-order valence-corrected chi connectivity index (χ1v) is 8.15. The van der Waals surface area contributed by atoms with Crippen LogP contribution < -0.4 is 5.43 Å². The monoisotopic (exact) mass is 343 g/mol. The molecule has 1 aliphatic heterocycles. The fourth-order valence-electron chi connectivity index (χ4n) is 3.33. The Morgan fingerprint density at radius 3 is 2.64 bits per heavy atom. The van der Waals surface area contributed by atoms with Crippen LogP contribution in [0, 0.1) is 0 Å². The van der Waals surface area contributed by atoms with E-state index in [0.717, 1.165) is 0 Å². The van der Waals surface area contributed by atoms with Crippen LogP contribution in [0.4, 0.5) is 0 Å². The third-order valence-electron chi connectivity index (χ3n) is 4.81. The smallest absolute Gasteiger partial charge is 0.326 e. The number of para-hydroxylation sites is 1. The first-order valence-electron chi connectivity index (χ1n) is 8.15. The number of amides is 1. The fraction of sp³-hybridized carbons (Fsp3) is 0.389. The Labute approximate surface area is 145 Å². The molecule has 1 saturated heterocycles. The van der Waals surface area contributed by atoms with Gasteiger partial charge in [0.25, 0.3) is 0 Å². The van der Waals surface area contributed by atoms with E-state index in [4.69, 9.17) is 0 Å². The number of aliphatic carboxylic acids is 1. The number of carboxylic acids is 1. The average Bonchev–Trinajstić information content (AvgIpc) is 3.04. The van der Waals surface area contributed by atoms with E-state index < -0.39 is 12.0 Å². The molecule has 1 amide bonds. The fourth-order valence-corrected chi connectivity index (χ4v) is 3.33. The number of carbonyl (C=O) groups excluding carboxylic acids is 1. The number of benzene rings is 1. The summed E-state index contributed by atoms with van der Waals surface area (Å²) in [5.74, 6) is -1.24. The van der Waals surface area contributed by atoms with Gasteiger partial charge in [0.15, 0.2) is 5.43 Å². The molecule has 7 heteroatoms. The summed E-state index contributed by atoms with van der Waals surface area (Å²) >= 11 is 0. The highest BCUT2D eigenvalue weighted by atomic mass is 16.4. The third kappa shape index (κ3) is 3.28. The van der Waals surface area contributed by atoms with Crippen molar-refractivity contribution < 1.29 is 14.7 Å². The Morgan fingerprint density at radius 1 is 1.24 bits per heavy atom. The molecule has 2 heterocycles. The zero-order valence-electron chi connectivity index (χ0n) is 14.3. The van der Waals surface area contributed by atoms with E-state index in [2.05, 4.69) is 0 Å². The van der Waals surface area contributed by atoms with Gasteiger partial charge in [-0.05, 0) is 32.6 Å². The maximum atomic E-state index is 12.8. The van der Waals surface area contributed by atoms with Crippen molar-refractivity contribution in [2.75, 3.05) is 20.6 Å². The van der Waals surface area contributed by atoms with Crippen LogP contribution in [0.1, 0.15) is 6.42 Å². The van der Waals surface area contributed by atoms with Crippen molar-refractivity contribution in [3.8, 4) is 0 Å². The van der Waals surface area contributed by atoms with Gasteiger partial charge in [-0.25, -0.2) is 4.79 Å². The summed E-state index contributed by atoms with van der Waals surface area (Å²) in [7, 11) is 3.76. The highest BCUT2D eigenvalue weighted by Crippen LogP contribution is 2.22. The number of rotatable bonds is 4. The van der Waals surface area contributed by atoms with Crippen LogP contribution in [0.15, 0.2) is 41.3 Å². The predicted octanol–water partition coefficient (Wildman–Crippen LogP) is 0.617. The van der Waals surface area contributed by atoms with Crippen molar-refractivity contribution in [3.05, 3.63) is 46.8 Å². The minimum Gasteiger partial charge on any atom is -0.480 e. The molecule has 0 radical (unpaired) electrons. The van der Waals surface area contributed by atoms with Crippen molar-refractivity contribution in [2.45, 2.75) is 25.0 Å². The quantitative estimate of drug-likeness (QED) is 0.880. The van der Waals surface area contributed by atoms with E-state index in [-0.39, 0.29) is 23.9 Å². The van der Waals surface area contributed by atoms with Gasteiger partial charge in [-0.15, -0.1) is 0 Å². The molecule has 1 fully saturated rings. The number of pyridine rings is 1. The average molecular weight is 343 g/mol. The molecular weight excluding hydrogens is 322 g/mol. The maximum Gasteiger partial charge on any atom is 0.326 e. The molecule has 0 unspecified atom stereocenters. The Morgan fingerprint density at radius 2 is 1.96 bits per heavy atom. The summed E-state index contributed by atoms with van der Waals surface area (Å²) in [4.78, 5) is 39.6. The van der Waals surface area contributed by atoms with Crippen molar-refractivity contribution in [2.24, 2.45) is 0 Å². The zero-order valence-corrected chi connectivity index (χ0v) is 14.3. The molecular formula is C18H21N3O4. The number of hydrogen-bond donors (Lipinski definition) is 1. The third-order valence-corrected chi connectivity index (χ3v) is 4.81. The van der Waals surface area contributed by atoms with E-state index in [1.54, 1.807) is 35.0 Å². The van der Waals surface area contributed by atoms with Crippen LogP contribution in [-0.2, 0) is 16.1 Å². The van der Waals surface area contributed by atoms with Gasteiger partial charge in [0, 0.05) is 30.2 Å². The Kier molecular flexibility index (Phi) is 4.59. The molecule has 0 bridgehead atoms. The number of aromatic nitrogens is 1. The zero-order chi connectivity index (χ0) is 18.1. The predicted molar refractivity (Wildman–Crippen MR) is 93.4 cm³/mol. The number of carbonyl (C=O) groups is 2. The van der Waals surface area contributed by atoms with Crippen LogP contribution in [0.25, 0.3) is 10.9 Å². The van der Waals surface area contributed by atoms with Gasteiger partial charge in [0.2, 0.25) is 5.91 Å². The lowest BCUT2D eigenvalue weighted by Crippen LogP contribution is -2.42. The summed E-state index contributed by atoms with van der Waals surface area (Å²) in [6, 6.07) is 7.72. The van der Waals surface area contributed by atoms with Gasteiger partial charge in [0.1, 0.15) is 12.6 Å². The lowest BCUT2D eigenvalue weighted by Gasteiger charge is -2.23. The number of fused-ring (bicyclic) bond motifs is 1. The van der Waals surface area contributed by atoms with E-state index in [1.807, 2.05) is 19.0 Å². The first kappa shape index (κ1) is 17.2. The second kappa shape index (κ2) is 6.68. The summed E-state index contributed by atoms with van der Waals surface area (Å²) in [6.45, 7) is 0.394. The molecule has 3 rings (SSSR count). The molecule has 0 spiro atoms. The molecule has 1 N–H and O–H groups in total. The minimum atomic E-state index is -0.984. The molecule has 2 aromatic rings. The van der Waals surface area contributed by atoms with Crippen molar-refractivity contribution >= 4 is 22.8 Å². The summed E-state index contributed by atoms with van der Waals surface area (Å²) in [5.41, 5.74) is 0.565. The molecule has 0 aliphatic carbocycles. The van der Waals surface area contributed by atoms with Gasteiger partial charge in [-0.1, -0.05) is 12.1 Å². The van der Waals surface area contributed by atoms with Crippen LogP contribution in [-0.4, -0.2) is 64.1 Å². The lowest BCUT2D eigenvalue weighted by molar-refractivity contribution is -0.148. The maximum absolute atomic E-state index is 12.8. The van der Waals surface area contributed by atoms with E-state index >= 15 is 0 Å². The number of hydrogen-bond acceptors (Lipinski definition) is 4. The highest BCUT2D eigenvalue weighted by Gasteiger charge is 2.40. The molecule has 1 aliphatic rings. The molecule has 132 valence electrons. The number of carboxylic acid groups (broad SMARTS) is 1. The number of likely N-dealkylation sites (N-methyl/N-ethyl adjacent to an activating group) is 1. The molecule has 7 nitrogen and oxygen atoms in total. The van der Waals surface area contributed by atoms with Crippen molar-refractivity contribution in [3.63, 3.8) is 0 Å². The normalized spacial score (nSPS) is 20.4. The Balaban J connectivity index is 1.88. The summed E-state index contributed by atoms with van der Waals surface area (Å²) in [6.07, 6.45) is 2.00. The Bertz CT molecular complexity index is 874. The molecule has 1 aromatic heterocycles.